The fourth-order valence-electron chi connectivity index (χ4n) is 3.60. The van der Waals surface area contributed by atoms with Crippen molar-refractivity contribution in [1.29, 1.82) is 0 Å². The fraction of sp³-hybridized carbons (Fsp3) is 0.286. The van der Waals surface area contributed by atoms with E-state index in [1.54, 1.807) is 12.1 Å². The number of hydrogen-bond donors (Lipinski definition) is 1. The lowest BCUT2D eigenvalue weighted by atomic mass is 10.1. The van der Waals surface area contributed by atoms with Crippen LogP contribution in [0.25, 0.3) is 5.69 Å². The predicted molar refractivity (Wildman–Crippen MR) is 118 cm³/mol. The van der Waals surface area contributed by atoms with Gasteiger partial charge >= 0.3 is 0 Å². The maximum Gasteiger partial charge on any atom is 0.257 e. The van der Waals surface area contributed by atoms with Gasteiger partial charge < -0.3 is 10.2 Å². The van der Waals surface area contributed by atoms with Gasteiger partial charge in [0.2, 0.25) is 10.0 Å². The average Bonchev–Trinajstić information content (AvgIpc) is 3.47. The Labute approximate surface area is 185 Å². The highest BCUT2D eigenvalue weighted by atomic mass is 32.2. The van der Waals surface area contributed by atoms with Gasteiger partial charge in [-0.15, -0.1) is 0 Å². The molecule has 1 saturated heterocycles. The van der Waals surface area contributed by atoms with Crippen molar-refractivity contribution in [3.05, 3.63) is 60.4 Å². The molecule has 2 aromatic carbocycles. The first kappa shape index (κ1) is 21.9. The average molecular weight is 459 g/mol. The second kappa shape index (κ2) is 8.67. The van der Waals surface area contributed by atoms with Crippen LogP contribution in [0.1, 0.15) is 23.2 Å². The van der Waals surface area contributed by atoms with Crippen LogP contribution in [0.15, 0.2) is 53.9 Å². The maximum absolute atomic E-state index is 14.6. The number of hydrogen-bond acceptors (Lipinski definition) is 6. The largest absolute Gasteiger partial charge is 0.371 e. The topological polar surface area (TPSA) is 100 Å². The van der Waals surface area contributed by atoms with E-state index in [0.29, 0.717) is 5.69 Å². The third kappa shape index (κ3) is 4.21. The Kier molecular flexibility index (Phi) is 5.94. The zero-order valence-electron chi connectivity index (χ0n) is 17.7. The monoisotopic (exact) mass is 458 g/mol. The molecule has 2 heterocycles. The first-order valence-electron chi connectivity index (χ1n) is 10.0. The summed E-state index contributed by atoms with van der Waals surface area (Å²) < 4.78 is 42.2. The highest BCUT2D eigenvalue weighted by Crippen LogP contribution is 2.29. The molecule has 1 fully saturated rings. The molecule has 3 aromatic rings. The van der Waals surface area contributed by atoms with Crippen molar-refractivity contribution < 1.29 is 17.6 Å². The van der Waals surface area contributed by atoms with Crippen molar-refractivity contribution in [1.82, 2.24) is 19.1 Å². The van der Waals surface area contributed by atoms with Gasteiger partial charge in [-0.25, -0.2) is 26.8 Å². The number of nitrogens with one attached hydrogen (secondary N) is 1. The molecular weight excluding hydrogens is 435 g/mol. The summed E-state index contributed by atoms with van der Waals surface area (Å²) in [5.41, 5.74) is 1.30. The van der Waals surface area contributed by atoms with Crippen LogP contribution in [0.4, 0.5) is 15.8 Å². The summed E-state index contributed by atoms with van der Waals surface area (Å²) in [5, 5.41) is 6.58. The van der Waals surface area contributed by atoms with Gasteiger partial charge in [0, 0.05) is 38.6 Å². The molecule has 0 radical (unpaired) electrons. The van der Waals surface area contributed by atoms with Gasteiger partial charge in [0.05, 0.1) is 10.5 Å². The van der Waals surface area contributed by atoms with Crippen molar-refractivity contribution in [2.75, 3.05) is 37.4 Å². The Hall–Kier alpha value is -3.31. The molecule has 0 bridgehead atoms. The molecule has 1 amide bonds. The van der Waals surface area contributed by atoms with Gasteiger partial charge in [0.1, 0.15) is 18.3 Å². The highest BCUT2D eigenvalue weighted by Gasteiger charge is 2.25. The minimum Gasteiger partial charge on any atom is -0.371 e. The van der Waals surface area contributed by atoms with Crippen LogP contribution in [0.2, 0.25) is 0 Å². The maximum atomic E-state index is 14.6. The number of carbonyl (C=O) groups excluding carboxylic acids is 1. The van der Waals surface area contributed by atoms with Crippen molar-refractivity contribution in [2.45, 2.75) is 17.7 Å². The Morgan fingerprint density at radius 1 is 1.09 bits per heavy atom. The van der Waals surface area contributed by atoms with Crippen molar-refractivity contribution in [2.24, 2.45) is 0 Å². The summed E-state index contributed by atoms with van der Waals surface area (Å²) in [4.78, 5) is 19.0. The van der Waals surface area contributed by atoms with Gasteiger partial charge in [-0.1, -0.05) is 0 Å². The number of benzene rings is 2. The summed E-state index contributed by atoms with van der Waals surface area (Å²) in [6, 6.07) is 8.75. The molecule has 11 heteroatoms. The summed E-state index contributed by atoms with van der Waals surface area (Å²) >= 11 is 0. The molecule has 1 aliphatic rings. The van der Waals surface area contributed by atoms with E-state index in [2.05, 4.69) is 20.3 Å². The normalized spacial score (nSPS) is 14.2. The van der Waals surface area contributed by atoms with Gasteiger partial charge in [0.25, 0.3) is 5.91 Å². The van der Waals surface area contributed by atoms with Crippen LogP contribution in [-0.2, 0) is 10.0 Å². The molecule has 0 aliphatic carbocycles. The van der Waals surface area contributed by atoms with Gasteiger partial charge in [-0.3, -0.25) is 4.79 Å². The Balaban J connectivity index is 1.68. The van der Waals surface area contributed by atoms with Crippen LogP contribution >= 0.6 is 0 Å². The smallest absolute Gasteiger partial charge is 0.257 e. The van der Waals surface area contributed by atoms with E-state index in [9.17, 15) is 17.6 Å². The molecule has 4 rings (SSSR count). The molecule has 0 saturated carbocycles. The molecule has 32 heavy (non-hydrogen) atoms. The molecule has 1 N–H and O–H groups in total. The fourth-order valence-corrected chi connectivity index (χ4v) is 4.53. The number of halogens is 1. The Bertz CT molecular complexity index is 1240. The molecular formula is C21H23FN6O3S. The highest BCUT2D eigenvalue weighted by molar-refractivity contribution is 7.89. The quantitative estimate of drug-likeness (QED) is 0.609. The first-order valence-corrected chi connectivity index (χ1v) is 11.5. The second-order valence-corrected chi connectivity index (χ2v) is 9.77. The molecule has 0 unspecified atom stereocenters. The number of sulfonamides is 1. The van der Waals surface area contributed by atoms with Crippen LogP contribution in [-0.4, -0.2) is 60.6 Å². The molecule has 168 valence electrons. The van der Waals surface area contributed by atoms with Gasteiger partial charge in [-0.05, 0) is 49.2 Å². The molecule has 1 aromatic heterocycles. The van der Waals surface area contributed by atoms with Gasteiger partial charge in [-0.2, -0.15) is 5.10 Å². The number of carbonyl (C=O) groups is 1. The number of rotatable bonds is 6. The minimum absolute atomic E-state index is 0.0170. The van der Waals surface area contributed by atoms with E-state index in [1.807, 2.05) is 0 Å². The number of aromatic nitrogens is 3. The lowest BCUT2D eigenvalue weighted by Crippen LogP contribution is -2.25. The summed E-state index contributed by atoms with van der Waals surface area (Å²) in [6.07, 6.45) is 4.65. The molecule has 1 aliphatic heterocycles. The van der Waals surface area contributed by atoms with E-state index in [1.165, 1.54) is 55.7 Å². The summed E-state index contributed by atoms with van der Waals surface area (Å²) in [5.74, 6) is -1.10. The van der Waals surface area contributed by atoms with E-state index in [0.717, 1.165) is 30.2 Å². The zero-order valence-corrected chi connectivity index (χ0v) is 18.5. The molecule has 9 nitrogen and oxygen atoms in total. The Morgan fingerprint density at radius 2 is 1.81 bits per heavy atom. The van der Waals surface area contributed by atoms with E-state index in [-0.39, 0.29) is 21.8 Å². The van der Waals surface area contributed by atoms with E-state index in [4.69, 9.17) is 0 Å². The summed E-state index contributed by atoms with van der Waals surface area (Å²) in [7, 11) is -0.857. The van der Waals surface area contributed by atoms with E-state index >= 15 is 0 Å². The van der Waals surface area contributed by atoms with Gasteiger partial charge in [0.15, 0.2) is 5.82 Å². The minimum atomic E-state index is -3.72. The first-order chi connectivity index (χ1) is 15.3. The lowest BCUT2D eigenvalue weighted by molar-refractivity contribution is 0.102. The van der Waals surface area contributed by atoms with Crippen LogP contribution in [0, 0.1) is 5.82 Å². The summed E-state index contributed by atoms with van der Waals surface area (Å²) in [6.45, 7) is 1.56. The van der Waals surface area contributed by atoms with Crippen molar-refractivity contribution >= 4 is 27.3 Å². The van der Waals surface area contributed by atoms with Crippen LogP contribution < -0.4 is 10.2 Å². The third-order valence-corrected chi connectivity index (χ3v) is 7.12. The van der Waals surface area contributed by atoms with Crippen LogP contribution in [0.5, 0.6) is 0 Å². The lowest BCUT2D eigenvalue weighted by Gasteiger charge is -2.22. The van der Waals surface area contributed by atoms with Crippen molar-refractivity contribution in [3.8, 4) is 5.69 Å². The number of anilines is 2. The SMILES string of the molecule is CN(C)S(=O)(=O)c1ccc(N2CCCC2)c(C(=O)Nc2ccc(-n3cncn3)c(F)c2)c1. The Morgan fingerprint density at radius 3 is 2.44 bits per heavy atom. The predicted octanol–water partition coefficient (Wildman–Crippen LogP) is 2.51. The zero-order chi connectivity index (χ0) is 22.9. The molecule has 0 atom stereocenters. The van der Waals surface area contributed by atoms with Crippen LogP contribution in [0.3, 0.4) is 0 Å². The second-order valence-electron chi connectivity index (χ2n) is 7.62. The standard InChI is InChI=1S/C21H23FN6O3S/c1-26(2)32(30,31)16-6-8-19(27-9-3-4-10-27)17(12-16)21(29)25-15-5-7-20(18(22)11-15)28-14-23-13-24-28/h5-8,11-14H,3-4,9-10H2,1-2H3,(H,25,29). The van der Waals surface area contributed by atoms with E-state index < -0.39 is 21.7 Å². The molecule has 0 spiro atoms. The third-order valence-electron chi connectivity index (χ3n) is 5.31. The number of nitrogens with zero attached hydrogens (tertiary/aromatic N) is 5. The van der Waals surface area contributed by atoms with Crippen molar-refractivity contribution in [3.63, 3.8) is 0 Å². The number of amides is 1.